The normalized spacial score (nSPS) is 13.6. The van der Waals surface area contributed by atoms with E-state index in [1.54, 1.807) is 41.5 Å². The molecule has 2 atom stereocenters. The molecule has 198 valence electrons. The van der Waals surface area contributed by atoms with Crippen molar-refractivity contribution in [1.29, 1.82) is 0 Å². The van der Waals surface area contributed by atoms with Crippen LogP contribution in [-0.4, -0.2) is 51.9 Å². The van der Waals surface area contributed by atoms with Crippen molar-refractivity contribution in [1.82, 2.24) is 9.88 Å². The van der Waals surface area contributed by atoms with Crippen LogP contribution in [0.3, 0.4) is 0 Å². The van der Waals surface area contributed by atoms with Crippen molar-refractivity contribution in [2.75, 3.05) is 0 Å². The number of nitrogens with zero attached hydrogens (tertiary/aromatic N) is 1. The Labute approximate surface area is 211 Å². The van der Waals surface area contributed by atoms with Crippen molar-refractivity contribution in [3.63, 3.8) is 0 Å². The van der Waals surface area contributed by atoms with E-state index in [-0.39, 0.29) is 19.3 Å². The second kappa shape index (κ2) is 11.6. The lowest BCUT2D eigenvalue weighted by Crippen LogP contribution is -2.46. The molecule has 1 aromatic carbocycles. The second-order valence-corrected chi connectivity index (χ2v) is 10.7. The maximum Gasteiger partial charge on any atom is 0.408 e. The lowest BCUT2D eigenvalue weighted by Gasteiger charge is -2.23. The first-order chi connectivity index (χ1) is 16.6. The molecule has 0 saturated heterocycles. The molecule has 0 aliphatic carbocycles. The zero-order valence-electron chi connectivity index (χ0n) is 22.0. The number of esters is 3. The predicted octanol–water partition coefficient (Wildman–Crippen LogP) is 3.13. The van der Waals surface area contributed by atoms with Crippen LogP contribution < -0.4 is 11.1 Å². The monoisotopic (exact) mass is 503 g/mol. The van der Waals surface area contributed by atoms with Crippen LogP contribution in [0.4, 0.5) is 4.79 Å². The molecule has 0 fully saturated rings. The molecule has 0 aliphatic rings. The number of nitrogens with one attached hydrogen (secondary N) is 1. The zero-order valence-corrected chi connectivity index (χ0v) is 22.0. The molecule has 0 radical (unpaired) electrons. The van der Waals surface area contributed by atoms with Gasteiger partial charge in [-0.05, 0) is 59.6 Å². The number of carbonyl (C=O) groups excluding carboxylic acids is 4. The average molecular weight is 504 g/mol. The summed E-state index contributed by atoms with van der Waals surface area (Å²) in [4.78, 5) is 49.8. The molecule has 10 nitrogen and oxygen atoms in total. The highest BCUT2D eigenvalue weighted by Gasteiger charge is 2.30. The highest BCUT2D eigenvalue weighted by Crippen LogP contribution is 2.21. The van der Waals surface area contributed by atoms with Crippen molar-refractivity contribution in [2.45, 2.75) is 84.1 Å². The molecule has 0 saturated carbocycles. The standard InChI is InChI=1S/C26H37N3O7/c1-25(2,3)35-21(30)13-12-19(28-24(33)36-26(4,5)6)23(32)34-22(31)18(27)14-16-15-29(7)20-11-9-8-10-17(16)20/h8-11,15,18-19H,12-14,27H2,1-7H3,(H,28,33)/t18-,19+/m1/s1. The number of hydrogen-bond donors (Lipinski definition) is 2. The number of alkyl carbamates (subject to hydrolysis) is 1. The minimum absolute atomic E-state index is 0.148. The lowest BCUT2D eigenvalue weighted by molar-refractivity contribution is -0.162. The summed E-state index contributed by atoms with van der Waals surface area (Å²) in [6, 6.07) is 5.23. The minimum atomic E-state index is -1.32. The number of amides is 1. The fourth-order valence-corrected chi connectivity index (χ4v) is 3.51. The number of para-hydroxylation sites is 1. The van der Waals surface area contributed by atoms with Gasteiger partial charge in [-0.25, -0.2) is 14.4 Å². The number of nitrogens with two attached hydrogens (primary N) is 1. The number of carbonyl (C=O) groups is 4. The Morgan fingerprint density at radius 2 is 1.58 bits per heavy atom. The van der Waals surface area contributed by atoms with Gasteiger partial charge >= 0.3 is 24.0 Å². The van der Waals surface area contributed by atoms with Gasteiger partial charge in [0.1, 0.15) is 23.3 Å². The molecule has 0 aliphatic heterocycles. The summed E-state index contributed by atoms with van der Waals surface area (Å²) in [5, 5.41) is 3.31. The van der Waals surface area contributed by atoms with E-state index in [1.165, 1.54) is 0 Å². The Morgan fingerprint density at radius 1 is 0.972 bits per heavy atom. The Morgan fingerprint density at radius 3 is 2.19 bits per heavy atom. The van der Waals surface area contributed by atoms with Crippen molar-refractivity contribution in [2.24, 2.45) is 12.8 Å². The van der Waals surface area contributed by atoms with Crippen LogP contribution >= 0.6 is 0 Å². The van der Waals surface area contributed by atoms with Gasteiger partial charge in [0.05, 0.1) is 0 Å². The van der Waals surface area contributed by atoms with Gasteiger partial charge < -0.3 is 29.8 Å². The fraction of sp³-hybridized carbons (Fsp3) is 0.538. The number of rotatable bonds is 8. The molecule has 1 amide bonds. The van der Waals surface area contributed by atoms with Crippen LogP contribution in [-0.2, 0) is 42.1 Å². The van der Waals surface area contributed by atoms with E-state index in [9.17, 15) is 19.2 Å². The van der Waals surface area contributed by atoms with E-state index in [4.69, 9.17) is 19.9 Å². The summed E-state index contributed by atoms with van der Waals surface area (Å²) in [6.07, 6.45) is 0.784. The fourth-order valence-electron chi connectivity index (χ4n) is 3.51. The van der Waals surface area contributed by atoms with Crippen molar-refractivity contribution in [3.8, 4) is 0 Å². The Kier molecular flexibility index (Phi) is 9.26. The van der Waals surface area contributed by atoms with Crippen molar-refractivity contribution in [3.05, 3.63) is 36.0 Å². The van der Waals surface area contributed by atoms with Gasteiger partial charge in [-0.15, -0.1) is 0 Å². The third kappa shape index (κ3) is 8.99. The lowest BCUT2D eigenvalue weighted by atomic mass is 10.1. The third-order valence-electron chi connectivity index (χ3n) is 4.96. The van der Waals surface area contributed by atoms with Gasteiger partial charge in [-0.1, -0.05) is 18.2 Å². The summed E-state index contributed by atoms with van der Waals surface area (Å²) in [5.41, 5.74) is 6.33. The number of aromatic nitrogens is 1. The molecule has 0 spiro atoms. The van der Waals surface area contributed by atoms with Gasteiger partial charge in [0.25, 0.3) is 0 Å². The largest absolute Gasteiger partial charge is 0.460 e. The van der Waals surface area contributed by atoms with Gasteiger partial charge in [-0.3, -0.25) is 4.79 Å². The Bertz CT molecular complexity index is 1110. The van der Waals surface area contributed by atoms with Gasteiger partial charge in [0.2, 0.25) is 0 Å². The van der Waals surface area contributed by atoms with Crippen LogP contribution in [0.15, 0.2) is 30.5 Å². The summed E-state index contributed by atoms with van der Waals surface area (Å²) in [5.74, 6) is -2.55. The second-order valence-electron chi connectivity index (χ2n) is 10.7. The van der Waals surface area contributed by atoms with Crippen molar-refractivity contribution >= 4 is 34.9 Å². The van der Waals surface area contributed by atoms with E-state index >= 15 is 0 Å². The van der Waals surface area contributed by atoms with Gasteiger partial charge in [0.15, 0.2) is 0 Å². The van der Waals surface area contributed by atoms with Crippen LogP contribution in [0.5, 0.6) is 0 Å². The maximum absolute atomic E-state index is 12.8. The summed E-state index contributed by atoms with van der Waals surface area (Å²) in [6.45, 7) is 10.1. The Hall–Kier alpha value is -3.40. The smallest absolute Gasteiger partial charge is 0.408 e. The van der Waals surface area contributed by atoms with Gasteiger partial charge in [-0.2, -0.15) is 0 Å². The van der Waals surface area contributed by atoms with Crippen LogP contribution in [0.1, 0.15) is 59.9 Å². The highest BCUT2D eigenvalue weighted by atomic mass is 16.6. The first kappa shape index (κ1) is 28.8. The van der Waals surface area contributed by atoms with E-state index < -0.39 is 47.3 Å². The molecular formula is C26H37N3O7. The first-order valence-corrected chi connectivity index (χ1v) is 11.8. The maximum atomic E-state index is 12.8. The highest BCUT2D eigenvalue weighted by molar-refractivity contribution is 5.93. The molecule has 10 heteroatoms. The molecule has 0 bridgehead atoms. The number of ether oxygens (including phenoxy) is 3. The van der Waals surface area contributed by atoms with E-state index in [0.717, 1.165) is 16.5 Å². The van der Waals surface area contributed by atoms with Crippen molar-refractivity contribution < 1.29 is 33.4 Å². The van der Waals surface area contributed by atoms with Crippen LogP contribution in [0.25, 0.3) is 10.9 Å². The topological polar surface area (TPSA) is 139 Å². The molecule has 1 heterocycles. The first-order valence-electron chi connectivity index (χ1n) is 11.8. The van der Waals surface area contributed by atoms with E-state index in [2.05, 4.69) is 5.32 Å². The number of hydrogen-bond acceptors (Lipinski definition) is 8. The number of fused-ring (bicyclic) bond motifs is 1. The number of benzene rings is 1. The minimum Gasteiger partial charge on any atom is -0.460 e. The molecule has 0 unspecified atom stereocenters. The summed E-state index contributed by atoms with van der Waals surface area (Å²) >= 11 is 0. The zero-order chi connectivity index (χ0) is 27.3. The molecule has 2 rings (SSSR count). The van der Waals surface area contributed by atoms with E-state index in [1.807, 2.05) is 42.1 Å². The quantitative estimate of drug-likeness (QED) is 0.318. The molecule has 1 aromatic heterocycles. The third-order valence-corrected chi connectivity index (χ3v) is 4.96. The number of aryl methyl sites for hydroxylation is 1. The van der Waals surface area contributed by atoms with E-state index in [0.29, 0.717) is 0 Å². The molecule has 36 heavy (non-hydrogen) atoms. The average Bonchev–Trinajstić information content (AvgIpc) is 3.04. The Balaban J connectivity index is 2.07. The van der Waals surface area contributed by atoms with Crippen LogP contribution in [0, 0.1) is 0 Å². The molecular weight excluding hydrogens is 466 g/mol. The predicted molar refractivity (Wildman–Crippen MR) is 134 cm³/mol. The van der Waals surface area contributed by atoms with Crippen LogP contribution in [0.2, 0.25) is 0 Å². The summed E-state index contributed by atoms with van der Waals surface area (Å²) < 4.78 is 17.4. The summed E-state index contributed by atoms with van der Waals surface area (Å²) in [7, 11) is 1.89. The molecule has 2 aromatic rings. The molecule has 3 N–H and O–H groups in total. The SMILES string of the molecule is Cn1cc(C[C@@H](N)C(=O)OC(=O)[C@H](CCC(=O)OC(C)(C)C)NC(=O)OC(C)(C)C)c2ccccc21. The van der Waals surface area contributed by atoms with Gasteiger partial charge in [0, 0.05) is 37.0 Å².